The molecular formula is C9H18N4O2S. The molecule has 0 saturated heterocycles. The summed E-state index contributed by atoms with van der Waals surface area (Å²) >= 11 is 0. The van der Waals surface area contributed by atoms with E-state index in [0.29, 0.717) is 11.5 Å². The van der Waals surface area contributed by atoms with Gasteiger partial charge in [-0.15, -0.1) is 0 Å². The third kappa shape index (κ3) is 3.41. The van der Waals surface area contributed by atoms with Gasteiger partial charge in [0, 0.05) is 7.05 Å². The van der Waals surface area contributed by atoms with E-state index in [1.54, 1.807) is 7.05 Å². The molecule has 0 atom stereocenters. The molecule has 16 heavy (non-hydrogen) atoms. The fraction of sp³-hybridized carbons (Fsp3) is 0.667. The molecule has 0 saturated carbocycles. The summed E-state index contributed by atoms with van der Waals surface area (Å²) in [7, 11) is -1.77. The molecule has 0 radical (unpaired) electrons. The Morgan fingerprint density at radius 2 is 2.06 bits per heavy atom. The van der Waals surface area contributed by atoms with Crippen LogP contribution in [0.25, 0.3) is 0 Å². The molecular weight excluding hydrogens is 228 g/mol. The van der Waals surface area contributed by atoms with Crippen LogP contribution >= 0.6 is 0 Å². The fourth-order valence-corrected chi connectivity index (χ4v) is 3.09. The van der Waals surface area contributed by atoms with Gasteiger partial charge >= 0.3 is 0 Å². The highest BCUT2D eigenvalue weighted by molar-refractivity contribution is 7.92. The first-order chi connectivity index (χ1) is 7.11. The quantitative estimate of drug-likeness (QED) is 0.825. The first-order valence-electron chi connectivity index (χ1n) is 4.89. The highest BCUT2D eigenvalue weighted by Crippen LogP contribution is 2.21. The lowest BCUT2D eigenvalue weighted by molar-refractivity contribution is 0.463. The molecule has 1 aromatic heterocycles. The number of aromatic nitrogens is 2. The van der Waals surface area contributed by atoms with Crippen molar-refractivity contribution in [3.63, 3.8) is 0 Å². The van der Waals surface area contributed by atoms with Crippen molar-refractivity contribution in [2.75, 3.05) is 16.2 Å². The summed E-state index contributed by atoms with van der Waals surface area (Å²) in [5.74, 6) is 0.342. The SMILES string of the molecule is Cn1ncc(N)c1NS(=O)(=O)CC(C)(C)C. The summed E-state index contributed by atoms with van der Waals surface area (Å²) in [4.78, 5) is 0. The molecule has 0 aromatic carbocycles. The Morgan fingerprint density at radius 3 is 2.44 bits per heavy atom. The standard InChI is InChI=1S/C9H18N4O2S/c1-9(2,3)6-16(14,15)12-8-7(10)5-11-13(8)4/h5,12H,6,10H2,1-4H3. The molecule has 6 nitrogen and oxygen atoms in total. The number of sulfonamides is 1. The van der Waals surface area contributed by atoms with Gasteiger partial charge in [-0.2, -0.15) is 5.10 Å². The molecule has 0 unspecified atom stereocenters. The highest BCUT2D eigenvalue weighted by Gasteiger charge is 2.23. The van der Waals surface area contributed by atoms with Crippen LogP contribution in [-0.4, -0.2) is 24.0 Å². The zero-order valence-corrected chi connectivity index (χ0v) is 10.8. The molecule has 3 N–H and O–H groups in total. The Balaban J connectivity index is 2.90. The number of nitrogens with zero attached hydrogens (tertiary/aromatic N) is 2. The average molecular weight is 246 g/mol. The van der Waals surface area contributed by atoms with Gasteiger partial charge in [0.05, 0.1) is 17.6 Å². The Bertz CT molecular complexity index is 451. The lowest BCUT2D eigenvalue weighted by atomic mass is 10.0. The van der Waals surface area contributed by atoms with Gasteiger partial charge in [0.1, 0.15) is 0 Å². The largest absolute Gasteiger partial charge is 0.394 e. The molecule has 92 valence electrons. The van der Waals surface area contributed by atoms with E-state index in [4.69, 9.17) is 5.73 Å². The molecule has 0 aliphatic heterocycles. The zero-order valence-electron chi connectivity index (χ0n) is 9.98. The number of nitrogen functional groups attached to an aromatic ring is 1. The van der Waals surface area contributed by atoms with Crippen molar-refractivity contribution in [1.29, 1.82) is 0 Å². The van der Waals surface area contributed by atoms with Crippen molar-refractivity contribution in [3.8, 4) is 0 Å². The maximum atomic E-state index is 11.8. The first kappa shape index (κ1) is 12.8. The number of aryl methyl sites for hydroxylation is 1. The predicted molar refractivity (Wildman–Crippen MR) is 64.5 cm³/mol. The topological polar surface area (TPSA) is 90.0 Å². The van der Waals surface area contributed by atoms with Gasteiger partial charge in [-0.1, -0.05) is 20.8 Å². The Kier molecular flexibility index (Phi) is 3.18. The van der Waals surface area contributed by atoms with Crippen LogP contribution in [-0.2, 0) is 17.1 Å². The zero-order chi connectivity index (χ0) is 12.6. The predicted octanol–water partition coefficient (Wildman–Crippen LogP) is 0.790. The van der Waals surface area contributed by atoms with Crippen molar-refractivity contribution in [2.45, 2.75) is 20.8 Å². The summed E-state index contributed by atoms with van der Waals surface area (Å²) in [5.41, 5.74) is 5.62. The smallest absolute Gasteiger partial charge is 0.234 e. The minimum atomic E-state index is -3.40. The van der Waals surface area contributed by atoms with E-state index in [-0.39, 0.29) is 11.2 Å². The summed E-state index contributed by atoms with van der Waals surface area (Å²) < 4.78 is 27.5. The number of nitrogens with one attached hydrogen (secondary N) is 1. The minimum Gasteiger partial charge on any atom is -0.394 e. The van der Waals surface area contributed by atoms with Crippen LogP contribution in [0.4, 0.5) is 11.5 Å². The molecule has 0 spiro atoms. The van der Waals surface area contributed by atoms with Crippen LogP contribution in [0.5, 0.6) is 0 Å². The van der Waals surface area contributed by atoms with E-state index in [2.05, 4.69) is 9.82 Å². The van der Waals surface area contributed by atoms with Crippen LogP contribution in [0.3, 0.4) is 0 Å². The molecule has 0 fully saturated rings. The molecule has 7 heteroatoms. The summed E-state index contributed by atoms with van der Waals surface area (Å²) in [6.07, 6.45) is 1.41. The van der Waals surface area contributed by atoms with Gasteiger partial charge in [-0.05, 0) is 5.41 Å². The lowest BCUT2D eigenvalue weighted by Gasteiger charge is -2.18. The van der Waals surface area contributed by atoms with Crippen LogP contribution in [0.1, 0.15) is 20.8 Å². The lowest BCUT2D eigenvalue weighted by Crippen LogP contribution is -2.27. The summed E-state index contributed by atoms with van der Waals surface area (Å²) in [5, 5.41) is 3.86. The molecule has 1 rings (SSSR count). The van der Waals surface area contributed by atoms with Gasteiger partial charge in [-0.3, -0.25) is 9.40 Å². The number of nitrogens with two attached hydrogens (primary N) is 1. The van der Waals surface area contributed by atoms with Gasteiger partial charge in [0.2, 0.25) is 10.0 Å². The normalized spacial score (nSPS) is 12.8. The van der Waals surface area contributed by atoms with Gasteiger partial charge in [0.15, 0.2) is 5.82 Å². The Morgan fingerprint density at radius 1 is 1.50 bits per heavy atom. The number of hydrogen-bond donors (Lipinski definition) is 2. The average Bonchev–Trinajstić information content (AvgIpc) is 2.30. The third-order valence-corrected chi connectivity index (χ3v) is 3.59. The molecule has 1 heterocycles. The van der Waals surface area contributed by atoms with Gasteiger partial charge in [-0.25, -0.2) is 8.42 Å². The van der Waals surface area contributed by atoms with E-state index in [9.17, 15) is 8.42 Å². The Labute approximate surface area is 95.9 Å². The summed E-state index contributed by atoms with van der Waals surface area (Å²) in [6, 6.07) is 0. The van der Waals surface area contributed by atoms with Crippen LogP contribution in [0.2, 0.25) is 0 Å². The van der Waals surface area contributed by atoms with E-state index in [1.165, 1.54) is 10.9 Å². The van der Waals surface area contributed by atoms with Crippen molar-refractivity contribution < 1.29 is 8.42 Å². The van der Waals surface area contributed by atoms with Gasteiger partial charge < -0.3 is 5.73 Å². The van der Waals surface area contributed by atoms with Crippen molar-refractivity contribution in [2.24, 2.45) is 12.5 Å². The highest BCUT2D eigenvalue weighted by atomic mass is 32.2. The molecule has 0 aliphatic rings. The van der Waals surface area contributed by atoms with E-state index in [0.717, 1.165) is 0 Å². The van der Waals surface area contributed by atoms with Crippen LogP contribution in [0, 0.1) is 5.41 Å². The van der Waals surface area contributed by atoms with E-state index >= 15 is 0 Å². The van der Waals surface area contributed by atoms with E-state index in [1.807, 2.05) is 20.8 Å². The van der Waals surface area contributed by atoms with Crippen molar-refractivity contribution in [3.05, 3.63) is 6.20 Å². The number of hydrogen-bond acceptors (Lipinski definition) is 4. The molecule has 0 aliphatic carbocycles. The maximum Gasteiger partial charge on any atom is 0.234 e. The summed E-state index contributed by atoms with van der Waals surface area (Å²) in [6.45, 7) is 5.58. The van der Waals surface area contributed by atoms with Gasteiger partial charge in [0.25, 0.3) is 0 Å². The number of rotatable bonds is 3. The Hall–Kier alpha value is -1.24. The molecule has 0 bridgehead atoms. The monoisotopic (exact) mass is 246 g/mol. The minimum absolute atomic E-state index is 0.0324. The first-order valence-corrected chi connectivity index (χ1v) is 6.54. The van der Waals surface area contributed by atoms with Crippen LogP contribution in [0.15, 0.2) is 6.20 Å². The van der Waals surface area contributed by atoms with E-state index < -0.39 is 10.0 Å². The maximum absolute atomic E-state index is 11.8. The number of anilines is 2. The molecule has 0 amide bonds. The van der Waals surface area contributed by atoms with Crippen molar-refractivity contribution in [1.82, 2.24) is 9.78 Å². The van der Waals surface area contributed by atoms with Crippen molar-refractivity contribution >= 4 is 21.5 Å². The fourth-order valence-electron chi connectivity index (χ4n) is 1.33. The molecule has 1 aromatic rings. The third-order valence-electron chi connectivity index (χ3n) is 1.84. The van der Waals surface area contributed by atoms with Crippen LogP contribution < -0.4 is 10.5 Å². The second-order valence-electron chi connectivity index (χ2n) is 4.99. The second kappa shape index (κ2) is 3.97. The second-order valence-corrected chi connectivity index (χ2v) is 6.72.